The molecule has 27 heavy (non-hydrogen) atoms. The van der Waals surface area contributed by atoms with Crippen LogP contribution in [0.4, 0.5) is 5.69 Å². The van der Waals surface area contributed by atoms with E-state index in [-0.39, 0.29) is 24.8 Å². The van der Waals surface area contributed by atoms with Gasteiger partial charge in [-0.05, 0) is 41.1 Å². The fraction of sp³-hybridized carbons (Fsp3) is 0.316. The molecule has 1 fully saturated rings. The largest absolute Gasteiger partial charge is 0.465 e. The summed E-state index contributed by atoms with van der Waals surface area (Å²) in [6.45, 7) is 2.11. The average molecular weight is 435 g/mol. The van der Waals surface area contributed by atoms with Crippen molar-refractivity contribution in [2.24, 2.45) is 5.92 Å². The molecule has 1 aromatic carbocycles. The molecule has 2 aromatic rings. The van der Waals surface area contributed by atoms with Crippen LogP contribution in [-0.2, 0) is 20.9 Å². The smallest absolute Gasteiger partial charge is 0.341 e. The predicted octanol–water partition coefficient (Wildman–Crippen LogP) is 2.81. The van der Waals surface area contributed by atoms with E-state index in [2.05, 4.69) is 26.0 Å². The standard InChI is InChI=1S/C19H19BrN2O5/c1-11-14(19(25)26-2)8-13(27-11)9-21-18(24)12-7-17(23)22(10-12)16-6-4-3-5-15(16)20/h3-6,8,12H,7,9-10H2,1-2H3,(H,21,24)/t12-/m0/s1. The number of nitrogens with zero attached hydrogens (tertiary/aromatic N) is 1. The third-order valence-corrected chi connectivity index (χ3v) is 5.12. The highest BCUT2D eigenvalue weighted by atomic mass is 79.9. The van der Waals surface area contributed by atoms with Crippen molar-refractivity contribution in [1.82, 2.24) is 5.32 Å². The first kappa shape index (κ1) is 19.2. The molecule has 0 spiro atoms. The van der Waals surface area contributed by atoms with Gasteiger partial charge in [-0.2, -0.15) is 0 Å². The number of aryl methyl sites for hydroxylation is 1. The van der Waals surface area contributed by atoms with Crippen molar-refractivity contribution in [3.63, 3.8) is 0 Å². The summed E-state index contributed by atoms with van der Waals surface area (Å²) in [6.07, 6.45) is 0.151. The number of hydrogen-bond acceptors (Lipinski definition) is 5. The maximum absolute atomic E-state index is 12.5. The van der Waals surface area contributed by atoms with Gasteiger partial charge >= 0.3 is 5.97 Å². The van der Waals surface area contributed by atoms with E-state index in [0.29, 0.717) is 23.6 Å². The highest BCUT2D eigenvalue weighted by molar-refractivity contribution is 9.10. The van der Waals surface area contributed by atoms with Crippen molar-refractivity contribution in [2.45, 2.75) is 19.9 Å². The molecule has 7 nitrogen and oxygen atoms in total. The fourth-order valence-electron chi connectivity index (χ4n) is 3.05. The lowest BCUT2D eigenvalue weighted by Gasteiger charge is -2.18. The first-order chi connectivity index (χ1) is 12.9. The van der Waals surface area contributed by atoms with Crippen LogP contribution >= 0.6 is 15.9 Å². The number of furan rings is 1. The van der Waals surface area contributed by atoms with Gasteiger partial charge in [0.05, 0.1) is 25.3 Å². The molecule has 1 aliphatic rings. The number of amides is 2. The Morgan fingerprint density at radius 1 is 1.37 bits per heavy atom. The van der Waals surface area contributed by atoms with E-state index >= 15 is 0 Å². The number of halogens is 1. The van der Waals surface area contributed by atoms with Crippen LogP contribution in [0.2, 0.25) is 0 Å². The van der Waals surface area contributed by atoms with Gasteiger partial charge in [0.2, 0.25) is 11.8 Å². The minimum absolute atomic E-state index is 0.0936. The molecule has 0 radical (unpaired) electrons. The van der Waals surface area contributed by atoms with Crippen LogP contribution in [0.1, 0.15) is 28.3 Å². The van der Waals surface area contributed by atoms with Crippen molar-refractivity contribution in [3.8, 4) is 0 Å². The van der Waals surface area contributed by atoms with Gasteiger partial charge in [-0.15, -0.1) is 0 Å². The molecular weight excluding hydrogens is 416 g/mol. The van der Waals surface area contributed by atoms with Crippen LogP contribution in [0.15, 0.2) is 39.2 Å². The summed E-state index contributed by atoms with van der Waals surface area (Å²) in [5, 5.41) is 2.77. The van der Waals surface area contributed by atoms with E-state index in [1.807, 2.05) is 24.3 Å². The zero-order chi connectivity index (χ0) is 19.6. The van der Waals surface area contributed by atoms with Crippen LogP contribution < -0.4 is 10.2 Å². The third-order valence-electron chi connectivity index (χ3n) is 4.45. The van der Waals surface area contributed by atoms with Crippen molar-refractivity contribution < 1.29 is 23.5 Å². The van der Waals surface area contributed by atoms with Crippen molar-refractivity contribution >= 4 is 39.4 Å². The topological polar surface area (TPSA) is 88.8 Å². The van der Waals surface area contributed by atoms with E-state index in [0.717, 1.165) is 10.2 Å². The van der Waals surface area contributed by atoms with Crippen molar-refractivity contribution in [3.05, 3.63) is 51.9 Å². The predicted molar refractivity (Wildman–Crippen MR) is 101 cm³/mol. The number of rotatable bonds is 5. The second-order valence-electron chi connectivity index (χ2n) is 6.25. The Morgan fingerprint density at radius 3 is 2.81 bits per heavy atom. The summed E-state index contributed by atoms with van der Waals surface area (Å²) in [4.78, 5) is 38.0. The SMILES string of the molecule is COC(=O)c1cc(CNC(=O)[C@H]2CC(=O)N(c3ccccc3Br)C2)oc1C. The fourth-order valence-corrected chi connectivity index (χ4v) is 3.55. The maximum Gasteiger partial charge on any atom is 0.341 e. The Balaban J connectivity index is 1.62. The van der Waals surface area contributed by atoms with Crippen LogP contribution in [0.25, 0.3) is 0 Å². The Hall–Kier alpha value is -2.61. The third kappa shape index (κ3) is 4.05. The number of methoxy groups -OCH3 is 1. The highest BCUT2D eigenvalue weighted by Gasteiger charge is 2.35. The quantitative estimate of drug-likeness (QED) is 0.730. The number of ether oxygens (including phenoxy) is 1. The van der Waals surface area contributed by atoms with Gasteiger partial charge in [-0.3, -0.25) is 9.59 Å². The van der Waals surface area contributed by atoms with Crippen LogP contribution in [0.5, 0.6) is 0 Å². The van der Waals surface area contributed by atoms with Crippen LogP contribution in [-0.4, -0.2) is 31.4 Å². The van der Waals surface area contributed by atoms with Gasteiger partial charge in [0.15, 0.2) is 0 Å². The molecule has 1 aromatic heterocycles. The zero-order valence-electron chi connectivity index (χ0n) is 15.0. The molecule has 2 heterocycles. The molecule has 3 rings (SSSR count). The van der Waals surface area contributed by atoms with Crippen LogP contribution in [0.3, 0.4) is 0 Å². The molecule has 1 atom stereocenters. The summed E-state index contributed by atoms with van der Waals surface area (Å²) >= 11 is 3.43. The van der Waals surface area contributed by atoms with E-state index in [9.17, 15) is 14.4 Å². The first-order valence-corrected chi connectivity index (χ1v) is 9.20. The Kier molecular flexibility index (Phi) is 5.65. The van der Waals surface area contributed by atoms with Gasteiger partial charge < -0.3 is 19.4 Å². The lowest BCUT2D eigenvalue weighted by atomic mass is 10.1. The Morgan fingerprint density at radius 2 is 2.11 bits per heavy atom. The summed E-state index contributed by atoms with van der Waals surface area (Å²) < 4.78 is 11.0. The molecule has 0 unspecified atom stereocenters. The van der Waals surface area contributed by atoms with Crippen molar-refractivity contribution in [1.29, 1.82) is 0 Å². The second kappa shape index (κ2) is 7.96. The lowest BCUT2D eigenvalue weighted by Crippen LogP contribution is -2.32. The van der Waals surface area contributed by atoms with Gasteiger partial charge in [0, 0.05) is 17.4 Å². The van der Waals surface area contributed by atoms with E-state index < -0.39 is 11.9 Å². The normalized spacial score (nSPS) is 16.5. The van der Waals surface area contributed by atoms with Crippen molar-refractivity contribution in [2.75, 3.05) is 18.6 Å². The van der Waals surface area contributed by atoms with Crippen LogP contribution in [0, 0.1) is 12.8 Å². The molecule has 2 amide bonds. The summed E-state index contributed by atoms with van der Waals surface area (Å²) in [6, 6.07) is 8.95. The number of benzene rings is 1. The van der Waals surface area contributed by atoms with E-state index in [1.165, 1.54) is 7.11 Å². The molecule has 0 saturated carbocycles. The summed E-state index contributed by atoms with van der Waals surface area (Å²) in [5.74, 6) is -0.369. The number of carbonyl (C=O) groups is 3. The number of hydrogen-bond donors (Lipinski definition) is 1. The number of para-hydroxylation sites is 1. The molecule has 1 aliphatic heterocycles. The minimum Gasteiger partial charge on any atom is -0.465 e. The maximum atomic E-state index is 12.5. The molecular formula is C19H19BrN2O5. The van der Waals surface area contributed by atoms with Gasteiger partial charge in [-0.25, -0.2) is 4.79 Å². The Bertz CT molecular complexity index is 892. The van der Waals surface area contributed by atoms with Gasteiger partial charge in [0.25, 0.3) is 0 Å². The molecule has 1 saturated heterocycles. The monoisotopic (exact) mass is 434 g/mol. The molecule has 8 heteroatoms. The highest BCUT2D eigenvalue weighted by Crippen LogP contribution is 2.31. The second-order valence-corrected chi connectivity index (χ2v) is 7.10. The lowest BCUT2D eigenvalue weighted by molar-refractivity contribution is -0.126. The molecule has 1 N–H and O–H groups in total. The minimum atomic E-state index is -0.487. The molecule has 142 valence electrons. The number of carbonyl (C=O) groups excluding carboxylic acids is 3. The zero-order valence-corrected chi connectivity index (χ0v) is 16.5. The number of anilines is 1. The van der Waals surface area contributed by atoms with E-state index in [4.69, 9.17) is 4.42 Å². The summed E-state index contributed by atoms with van der Waals surface area (Å²) in [7, 11) is 1.30. The van der Waals surface area contributed by atoms with Gasteiger partial charge in [0.1, 0.15) is 17.1 Å². The van der Waals surface area contributed by atoms with Gasteiger partial charge in [-0.1, -0.05) is 12.1 Å². The number of esters is 1. The molecule has 0 aliphatic carbocycles. The molecule has 0 bridgehead atoms. The number of nitrogens with one attached hydrogen (secondary N) is 1. The Labute approximate surface area is 164 Å². The first-order valence-electron chi connectivity index (χ1n) is 8.41. The van der Waals surface area contributed by atoms with E-state index in [1.54, 1.807) is 17.9 Å². The summed E-state index contributed by atoms with van der Waals surface area (Å²) in [5.41, 5.74) is 1.08. The average Bonchev–Trinajstić information content (AvgIpc) is 3.22.